The molecule has 8 nitrogen and oxygen atoms in total. The molecular formula is C29H29F2N5O3S. The van der Waals surface area contributed by atoms with Gasteiger partial charge in [-0.2, -0.15) is 5.26 Å². The lowest BCUT2D eigenvalue weighted by Crippen LogP contribution is -2.51. The van der Waals surface area contributed by atoms with Crippen LogP contribution in [0.4, 0.5) is 14.6 Å². The molecule has 3 atom stereocenters. The Bertz CT molecular complexity index is 1520. The number of methoxy groups -OCH3 is 1. The Kier molecular flexibility index (Phi) is 5.91. The first kappa shape index (κ1) is 25.8. The summed E-state index contributed by atoms with van der Waals surface area (Å²) in [4.78, 5) is 15.8. The molecule has 3 saturated heterocycles. The van der Waals surface area contributed by atoms with E-state index in [9.17, 15) is 5.26 Å². The number of benzene rings is 1. The predicted octanol–water partition coefficient (Wildman–Crippen LogP) is 5.30. The molecule has 0 radical (unpaired) electrons. The highest BCUT2D eigenvalue weighted by Crippen LogP contribution is 2.61. The minimum Gasteiger partial charge on any atom is -0.491 e. The summed E-state index contributed by atoms with van der Waals surface area (Å²) in [6, 6.07) is 5.00. The molecule has 0 aliphatic carbocycles. The highest BCUT2D eigenvalue weighted by atomic mass is 32.1. The Hall–Kier alpha value is -3.17. The van der Waals surface area contributed by atoms with E-state index in [-0.39, 0.29) is 11.3 Å². The summed E-state index contributed by atoms with van der Waals surface area (Å²) in [5.41, 5.74) is 3.44. The highest BCUT2D eigenvalue weighted by molar-refractivity contribution is 7.13. The van der Waals surface area contributed by atoms with E-state index < -0.39 is 28.4 Å². The van der Waals surface area contributed by atoms with Gasteiger partial charge in [0.2, 0.25) is 0 Å². The van der Waals surface area contributed by atoms with E-state index in [1.54, 1.807) is 11.7 Å². The van der Waals surface area contributed by atoms with Crippen molar-refractivity contribution in [3.05, 3.63) is 41.0 Å². The quantitative estimate of drug-likeness (QED) is 0.436. The topological polar surface area (TPSA) is 95.8 Å². The van der Waals surface area contributed by atoms with Crippen LogP contribution < -0.4 is 4.74 Å². The standard InChI is InChI=1S/C29H29F2N5O3S/c1-27-10-34-26-22(25(27)29(39-13-27)4-6-36(12-29)11-28(3-5-32)14-38-15-28)21(23(35-26)20-9-33-16-40-20)17-7-18(30)24(37-2)19(31)8-17/h7-10,16,25,35H,3-4,6,11-15H2,1-2H3. The molecule has 3 unspecified atom stereocenters. The van der Waals surface area contributed by atoms with E-state index >= 15 is 8.78 Å². The Morgan fingerprint density at radius 1 is 1.27 bits per heavy atom. The zero-order valence-electron chi connectivity index (χ0n) is 22.3. The molecule has 4 aliphatic rings. The van der Waals surface area contributed by atoms with Gasteiger partial charge in [0.05, 0.1) is 54.7 Å². The molecule has 1 N–H and O–H groups in total. The van der Waals surface area contributed by atoms with E-state index in [4.69, 9.17) is 19.2 Å². The molecule has 0 saturated carbocycles. The molecule has 3 aromatic rings. The molecule has 6 heterocycles. The third-order valence-electron chi connectivity index (χ3n) is 8.99. The molecule has 40 heavy (non-hydrogen) atoms. The second-order valence-corrected chi connectivity index (χ2v) is 12.7. The number of hydrogen-bond acceptors (Lipinski definition) is 8. The normalized spacial score (nSPS) is 28.3. The molecular weight excluding hydrogens is 536 g/mol. The second kappa shape index (κ2) is 9.17. The molecule has 208 valence electrons. The number of nitrogens with one attached hydrogen (secondary N) is 1. The molecule has 0 amide bonds. The van der Waals surface area contributed by atoms with E-state index in [0.29, 0.717) is 49.7 Å². The number of fused-ring (bicyclic) bond motifs is 4. The van der Waals surface area contributed by atoms with Gasteiger partial charge in [-0.1, -0.05) is 6.92 Å². The molecule has 11 heteroatoms. The van der Waals surface area contributed by atoms with Crippen LogP contribution in [0, 0.1) is 33.8 Å². The van der Waals surface area contributed by atoms with Gasteiger partial charge in [-0.15, -0.1) is 11.3 Å². The molecule has 3 fully saturated rings. The van der Waals surface area contributed by atoms with Gasteiger partial charge >= 0.3 is 0 Å². The van der Waals surface area contributed by atoms with Crippen molar-refractivity contribution in [3.63, 3.8) is 0 Å². The Morgan fingerprint density at radius 3 is 2.73 bits per heavy atom. The first-order chi connectivity index (χ1) is 19.3. The number of likely N-dealkylation sites (tertiary alicyclic amines) is 1. The SMILES string of the molecule is COc1c(F)cc(-c2c(-c3cncs3)[nH]c3c2C2C(C)(C=N3)COC23CCN(CC2(CC#N)COC2)C3)cc1F. The monoisotopic (exact) mass is 565 g/mol. The Labute approximate surface area is 234 Å². The average Bonchev–Trinajstić information content (AvgIpc) is 3.69. The van der Waals surface area contributed by atoms with Crippen molar-refractivity contribution >= 4 is 23.4 Å². The summed E-state index contributed by atoms with van der Waals surface area (Å²) in [6.07, 6.45) is 4.98. The van der Waals surface area contributed by atoms with Crippen molar-refractivity contribution in [3.8, 4) is 33.5 Å². The maximum absolute atomic E-state index is 15.1. The van der Waals surface area contributed by atoms with Gasteiger partial charge in [-0.25, -0.2) is 13.8 Å². The van der Waals surface area contributed by atoms with Crippen molar-refractivity contribution < 1.29 is 23.0 Å². The predicted molar refractivity (Wildman–Crippen MR) is 146 cm³/mol. The zero-order chi connectivity index (χ0) is 27.7. The molecule has 4 aliphatic heterocycles. The van der Waals surface area contributed by atoms with Crippen molar-refractivity contribution in [1.82, 2.24) is 14.9 Å². The van der Waals surface area contributed by atoms with Crippen LogP contribution in [-0.4, -0.2) is 73.2 Å². The third kappa shape index (κ3) is 3.77. The Morgan fingerprint density at radius 2 is 2.08 bits per heavy atom. The summed E-state index contributed by atoms with van der Waals surface area (Å²) in [7, 11) is 1.25. The van der Waals surface area contributed by atoms with Crippen molar-refractivity contribution in [2.75, 3.05) is 46.6 Å². The fraction of sp³-hybridized carbons (Fsp3) is 0.483. The van der Waals surface area contributed by atoms with Crippen LogP contribution in [0.1, 0.15) is 31.2 Å². The number of rotatable bonds is 6. The van der Waals surface area contributed by atoms with Gasteiger partial charge in [0.25, 0.3) is 0 Å². The van der Waals surface area contributed by atoms with Crippen LogP contribution in [0.5, 0.6) is 5.75 Å². The second-order valence-electron chi connectivity index (χ2n) is 11.8. The summed E-state index contributed by atoms with van der Waals surface area (Å²) in [6.45, 7) is 6.13. The van der Waals surface area contributed by atoms with Gasteiger partial charge in [-0.05, 0) is 24.1 Å². The first-order valence-corrected chi connectivity index (χ1v) is 14.2. The van der Waals surface area contributed by atoms with Crippen LogP contribution in [0.2, 0.25) is 0 Å². The van der Waals surface area contributed by atoms with E-state index in [0.717, 1.165) is 35.6 Å². The minimum absolute atomic E-state index is 0.108. The van der Waals surface area contributed by atoms with Gasteiger partial charge in [0.15, 0.2) is 17.4 Å². The van der Waals surface area contributed by atoms with Crippen LogP contribution in [0.3, 0.4) is 0 Å². The molecule has 2 aromatic heterocycles. The van der Waals surface area contributed by atoms with Crippen molar-refractivity contribution in [2.24, 2.45) is 15.8 Å². The molecule has 0 bridgehead atoms. The van der Waals surface area contributed by atoms with E-state index in [2.05, 4.69) is 27.9 Å². The van der Waals surface area contributed by atoms with Crippen LogP contribution in [-0.2, 0) is 9.47 Å². The minimum atomic E-state index is -0.764. The lowest BCUT2D eigenvalue weighted by atomic mass is 9.66. The number of nitrogens with zero attached hydrogens (tertiary/aromatic N) is 4. The summed E-state index contributed by atoms with van der Waals surface area (Å²) < 4.78 is 47.3. The largest absolute Gasteiger partial charge is 0.491 e. The van der Waals surface area contributed by atoms with Gasteiger partial charge in [0, 0.05) is 66.3 Å². The molecule has 1 aromatic carbocycles. The average molecular weight is 566 g/mol. The number of H-pyrrole nitrogens is 1. The number of halogens is 2. The fourth-order valence-corrected chi connectivity index (χ4v) is 7.87. The van der Waals surface area contributed by atoms with Crippen LogP contribution >= 0.6 is 11.3 Å². The maximum atomic E-state index is 15.1. The number of aliphatic imine (C=N–C) groups is 1. The van der Waals surface area contributed by atoms with Crippen LogP contribution in [0.15, 0.2) is 28.8 Å². The van der Waals surface area contributed by atoms with Crippen molar-refractivity contribution in [1.29, 1.82) is 5.26 Å². The Balaban J connectivity index is 1.36. The number of aromatic amines is 1. The summed E-state index contributed by atoms with van der Waals surface area (Å²) in [5.74, 6) is -1.37. The van der Waals surface area contributed by atoms with Gasteiger partial charge < -0.3 is 19.2 Å². The number of ether oxygens (including phenoxy) is 3. The first-order valence-electron chi connectivity index (χ1n) is 13.3. The number of hydrogen-bond donors (Lipinski definition) is 1. The maximum Gasteiger partial charge on any atom is 0.190 e. The zero-order valence-corrected chi connectivity index (χ0v) is 23.1. The third-order valence-corrected chi connectivity index (χ3v) is 9.78. The van der Waals surface area contributed by atoms with Crippen LogP contribution in [0.25, 0.3) is 21.7 Å². The van der Waals surface area contributed by atoms with Gasteiger partial charge in [0.1, 0.15) is 5.82 Å². The summed E-state index contributed by atoms with van der Waals surface area (Å²) in [5, 5.41) is 9.40. The summed E-state index contributed by atoms with van der Waals surface area (Å²) >= 11 is 1.45. The number of thiazole rings is 1. The molecule has 7 rings (SSSR count). The number of nitriles is 1. The highest BCUT2D eigenvalue weighted by Gasteiger charge is 2.61. The van der Waals surface area contributed by atoms with E-state index in [1.807, 2.05) is 6.21 Å². The lowest BCUT2D eigenvalue weighted by Gasteiger charge is -2.43. The van der Waals surface area contributed by atoms with Gasteiger partial charge in [-0.3, -0.25) is 9.88 Å². The number of aromatic nitrogens is 2. The fourth-order valence-electron chi connectivity index (χ4n) is 7.25. The smallest absolute Gasteiger partial charge is 0.190 e. The molecule has 1 spiro atoms. The lowest BCUT2D eigenvalue weighted by molar-refractivity contribution is -0.123. The van der Waals surface area contributed by atoms with E-state index in [1.165, 1.54) is 30.6 Å². The van der Waals surface area contributed by atoms with Crippen molar-refractivity contribution in [2.45, 2.75) is 31.3 Å².